The molecule has 110 valence electrons. The normalized spacial score (nSPS) is 10.2. The van der Waals surface area contributed by atoms with Gasteiger partial charge in [-0.3, -0.25) is 9.78 Å². The zero-order valence-corrected chi connectivity index (χ0v) is 13.6. The molecule has 0 radical (unpaired) electrons. The SMILES string of the molecule is CCNc1cncc(C(=O)N(C)Cc2cccc(Br)c2)n1. The van der Waals surface area contributed by atoms with E-state index in [2.05, 4.69) is 31.2 Å². The lowest BCUT2D eigenvalue weighted by Crippen LogP contribution is -2.27. The zero-order chi connectivity index (χ0) is 15.2. The first-order chi connectivity index (χ1) is 10.1. The molecule has 1 heterocycles. The van der Waals surface area contributed by atoms with Crippen LogP contribution in [0.15, 0.2) is 41.1 Å². The van der Waals surface area contributed by atoms with Crippen molar-refractivity contribution < 1.29 is 4.79 Å². The summed E-state index contributed by atoms with van der Waals surface area (Å²) in [5.74, 6) is 0.460. The number of carbonyl (C=O) groups is 1. The molecule has 0 aliphatic carbocycles. The van der Waals surface area contributed by atoms with Crippen LogP contribution < -0.4 is 5.32 Å². The molecule has 2 rings (SSSR count). The van der Waals surface area contributed by atoms with Crippen LogP contribution in [-0.2, 0) is 6.54 Å². The van der Waals surface area contributed by atoms with Gasteiger partial charge in [-0.25, -0.2) is 4.98 Å². The van der Waals surface area contributed by atoms with E-state index in [1.807, 2.05) is 31.2 Å². The Morgan fingerprint density at radius 1 is 1.38 bits per heavy atom. The molecule has 1 aromatic carbocycles. The first-order valence-electron chi connectivity index (χ1n) is 6.66. The van der Waals surface area contributed by atoms with Crippen LogP contribution in [0.25, 0.3) is 0 Å². The molecule has 0 spiro atoms. The summed E-state index contributed by atoms with van der Waals surface area (Å²) in [5, 5.41) is 3.05. The van der Waals surface area contributed by atoms with Crippen molar-refractivity contribution in [1.29, 1.82) is 0 Å². The fraction of sp³-hybridized carbons (Fsp3) is 0.267. The van der Waals surface area contributed by atoms with Crippen LogP contribution >= 0.6 is 15.9 Å². The Labute approximate surface area is 132 Å². The van der Waals surface area contributed by atoms with E-state index in [4.69, 9.17) is 0 Å². The quantitative estimate of drug-likeness (QED) is 0.902. The van der Waals surface area contributed by atoms with Gasteiger partial charge in [0.15, 0.2) is 0 Å². The maximum Gasteiger partial charge on any atom is 0.274 e. The van der Waals surface area contributed by atoms with E-state index in [9.17, 15) is 4.79 Å². The lowest BCUT2D eigenvalue weighted by molar-refractivity contribution is 0.0779. The maximum absolute atomic E-state index is 12.4. The van der Waals surface area contributed by atoms with Gasteiger partial charge in [-0.05, 0) is 24.6 Å². The van der Waals surface area contributed by atoms with Crippen LogP contribution in [0.2, 0.25) is 0 Å². The van der Waals surface area contributed by atoms with E-state index in [-0.39, 0.29) is 5.91 Å². The molecule has 0 bridgehead atoms. The average molecular weight is 349 g/mol. The molecule has 0 unspecified atom stereocenters. The van der Waals surface area contributed by atoms with Crippen molar-refractivity contribution in [3.8, 4) is 0 Å². The van der Waals surface area contributed by atoms with Crippen LogP contribution in [0.5, 0.6) is 0 Å². The molecule has 0 saturated carbocycles. The predicted molar refractivity (Wildman–Crippen MR) is 86.1 cm³/mol. The number of amides is 1. The van der Waals surface area contributed by atoms with Crippen LogP contribution in [0.3, 0.4) is 0 Å². The molecule has 1 amide bonds. The van der Waals surface area contributed by atoms with Crippen LogP contribution in [0.1, 0.15) is 23.0 Å². The highest BCUT2D eigenvalue weighted by Gasteiger charge is 2.14. The van der Waals surface area contributed by atoms with E-state index < -0.39 is 0 Å². The Kier molecular flexibility index (Phi) is 5.27. The molecule has 0 aliphatic heterocycles. The van der Waals surface area contributed by atoms with Crippen molar-refractivity contribution in [2.24, 2.45) is 0 Å². The predicted octanol–water partition coefficient (Wildman–Crippen LogP) is 2.94. The van der Waals surface area contributed by atoms with Crippen molar-refractivity contribution in [1.82, 2.24) is 14.9 Å². The Balaban J connectivity index is 2.10. The molecule has 21 heavy (non-hydrogen) atoms. The number of rotatable bonds is 5. The second-order valence-electron chi connectivity index (χ2n) is 4.61. The molecule has 5 nitrogen and oxygen atoms in total. The molecule has 0 aliphatic rings. The Morgan fingerprint density at radius 3 is 2.90 bits per heavy atom. The summed E-state index contributed by atoms with van der Waals surface area (Å²) in [6, 6.07) is 7.87. The number of aromatic nitrogens is 2. The average Bonchev–Trinajstić information content (AvgIpc) is 2.47. The van der Waals surface area contributed by atoms with Gasteiger partial charge in [0.05, 0.1) is 12.4 Å². The lowest BCUT2D eigenvalue weighted by Gasteiger charge is -2.17. The minimum Gasteiger partial charge on any atom is -0.369 e. The van der Waals surface area contributed by atoms with E-state index >= 15 is 0 Å². The fourth-order valence-corrected chi connectivity index (χ4v) is 2.36. The number of nitrogens with one attached hydrogen (secondary N) is 1. The molecule has 2 aromatic rings. The molecule has 1 N–H and O–H groups in total. The third-order valence-corrected chi connectivity index (χ3v) is 3.36. The number of halogens is 1. The number of anilines is 1. The second-order valence-corrected chi connectivity index (χ2v) is 5.53. The second kappa shape index (κ2) is 7.17. The van der Waals surface area contributed by atoms with Gasteiger partial charge >= 0.3 is 0 Å². The largest absolute Gasteiger partial charge is 0.369 e. The summed E-state index contributed by atoms with van der Waals surface area (Å²) in [6.45, 7) is 3.22. The summed E-state index contributed by atoms with van der Waals surface area (Å²) in [6.07, 6.45) is 3.09. The molecular formula is C15H17BrN4O. The Hall–Kier alpha value is -1.95. The van der Waals surface area contributed by atoms with Crippen molar-refractivity contribution in [3.63, 3.8) is 0 Å². The Morgan fingerprint density at radius 2 is 2.19 bits per heavy atom. The van der Waals surface area contributed by atoms with Crippen molar-refractivity contribution in [2.45, 2.75) is 13.5 Å². The molecule has 0 saturated heterocycles. The Bertz CT molecular complexity index is 633. The summed E-state index contributed by atoms with van der Waals surface area (Å²) in [7, 11) is 1.75. The topological polar surface area (TPSA) is 58.1 Å². The third kappa shape index (κ3) is 4.26. The number of hydrogen-bond acceptors (Lipinski definition) is 4. The first-order valence-corrected chi connectivity index (χ1v) is 7.45. The van der Waals surface area contributed by atoms with E-state index in [0.717, 1.165) is 16.6 Å². The highest BCUT2D eigenvalue weighted by molar-refractivity contribution is 9.10. The first kappa shape index (κ1) is 15.4. The van der Waals surface area contributed by atoms with E-state index in [1.165, 1.54) is 6.20 Å². The monoisotopic (exact) mass is 348 g/mol. The number of benzene rings is 1. The highest BCUT2D eigenvalue weighted by atomic mass is 79.9. The van der Waals surface area contributed by atoms with Gasteiger partial charge in [0.1, 0.15) is 11.5 Å². The standard InChI is InChI=1S/C15H17BrN4O/c1-3-18-14-9-17-8-13(19-14)15(21)20(2)10-11-5-4-6-12(16)7-11/h4-9H,3,10H2,1-2H3,(H,18,19). The van der Waals surface area contributed by atoms with Crippen LogP contribution in [0, 0.1) is 0 Å². The van der Waals surface area contributed by atoms with Gasteiger partial charge in [0.2, 0.25) is 0 Å². The van der Waals surface area contributed by atoms with Crippen molar-refractivity contribution >= 4 is 27.7 Å². The van der Waals surface area contributed by atoms with E-state index in [0.29, 0.717) is 18.1 Å². The molecule has 0 fully saturated rings. The number of hydrogen-bond donors (Lipinski definition) is 1. The van der Waals surface area contributed by atoms with Crippen molar-refractivity contribution in [3.05, 3.63) is 52.4 Å². The van der Waals surface area contributed by atoms with Gasteiger partial charge < -0.3 is 10.2 Å². The van der Waals surface area contributed by atoms with Gasteiger partial charge in [-0.1, -0.05) is 28.1 Å². The van der Waals surface area contributed by atoms with Gasteiger partial charge in [-0.15, -0.1) is 0 Å². The third-order valence-electron chi connectivity index (χ3n) is 2.87. The lowest BCUT2D eigenvalue weighted by atomic mass is 10.2. The smallest absolute Gasteiger partial charge is 0.274 e. The maximum atomic E-state index is 12.4. The minimum atomic E-state index is -0.151. The number of nitrogens with zero attached hydrogens (tertiary/aromatic N) is 3. The summed E-state index contributed by atoms with van der Waals surface area (Å²) in [5.41, 5.74) is 1.39. The fourth-order valence-electron chi connectivity index (χ4n) is 1.91. The van der Waals surface area contributed by atoms with Crippen LogP contribution in [-0.4, -0.2) is 34.4 Å². The molecule has 0 atom stereocenters. The van der Waals surface area contributed by atoms with Crippen molar-refractivity contribution in [2.75, 3.05) is 18.9 Å². The van der Waals surface area contributed by atoms with Gasteiger partial charge in [0, 0.05) is 24.6 Å². The van der Waals surface area contributed by atoms with Gasteiger partial charge in [-0.2, -0.15) is 0 Å². The molecule has 1 aromatic heterocycles. The van der Waals surface area contributed by atoms with Gasteiger partial charge in [0.25, 0.3) is 5.91 Å². The highest BCUT2D eigenvalue weighted by Crippen LogP contribution is 2.14. The van der Waals surface area contributed by atoms with Crippen LogP contribution in [0.4, 0.5) is 5.82 Å². The zero-order valence-electron chi connectivity index (χ0n) is 12.0. The number of carbonyl (C=O) groups excluding carboxylic acids is 1. The summed E-state index contributed by atoms with van der Waals surface area (Å²) < 4.78 is 0.995. The molecular weight excluding hydrogens is 332 g/mol. The minimum absolute atomic E-state index is 0.151. The molecule has 6 heteroatoms. The summed E-state index contributed by atoms with van der Waals surface area (Å²) >= 11 is 3.43. The van der Waals surface area contributed by atoms with E-state index in [1.54, 1.807) is 18.1 Å². The summed E-state index contributed by atoms with van der Waals surface area (Å²) in [4.78, 5) is 22.3.